The second-order valence-corrected chi connectivity index (χ2v) is 10.5. The molecule has 1 saturated carbocycles. The Kier molecular flexibility index (Phi) is 6.40. The SMILES string of the molecule is COc1ccc(CCC2(C3CCCC3)CC(O)=C(Cc3cc(=O)n4c(C)csc4n3)C(=O)O2)cc1. The molecule has 0 bridgehead atoms. The second kappa shape index (κ2) is 9.49. The summed E-state index contributed by atoms with van der Waals surface area (Å²) in [5.74, 6) is 0.589. The molecule has 8 heteroatoms. The summed E-state index contributed by atoms with van der Waals surface area (Å²) in [4.78, 5) is 30.9. The number of rotatable bonds is 7. The first-order valence-corrected chi connectivity index (χ1v) is 13.0. The molecule has 1 aliphatic carbocycles. The van der Waals surface area contributed by atoms with Crippen molar-refractivity contribution < 1.29 is 19.4 Å². The topological polar surface area (TPSA) is 90.1 Å². The van der Waals surface area contributed by atoms with Crippen molar-refractivity contribution in [1.29, 1.82) is 0 Å². The van der Waals surface area contributed by atoms with E-state index in [9.17, 15) is 14.7 Å². The number of cyclic esters (lactones) is 1. The molecule has 1 fully saturated rings. The number of carbonyl (C=O) groups excluding carboxylic acids is 1. The molecule has 0 saturated heterocycles. The number of aliphatic hydroxyl groups excluding tert-OH is 1. The van der Waals surface area contributed by atoms with Gasteiger partial charge in [0.15, 0.2) is 4.96 Å². The van der Waals surface area contributed by atoms with Crippen LogP contribution in [0.1, 0.15) is 55.5 Å². The zero-order valence-corrected chi connectivity index (χ0v) is 20.9. The molecule has 2 aromatic heterocycles. The van der Waals surface area contributed by atoms with E-state index in [1.807, 2.05) is 36.6 Å². The van der Waals surface area contributed by atoms with Crippen LogP contribution in [0.25, 0.3) is 4.96 Å². The maximum absolute atomic E-state index is 13.3. The Morgan fingerprint density at radius 1 is 1.23 bits per heavy atom. The Morgan fingerprint density at radius 2 is 1.97 bits per heavy atom. The number of hydrogen-bond acceptors (Lipinski definition) is 7. The monoisotopic (exact) mass is 494 g/mol. The minimum atomic E-state index is -0.719. The van der Waals surface area contributed by atoms with Crippen LogP contribution < -0.4 is 10.3 Å². The highest BCUT2D eigenvalue weighted by Gasteiger charge is 2.48. The van der Waals surface area contributed by atoms with Gasteiger partial charge >= 0.3 is 5.97 Å². The van der Waals surface area contributed by atoms with Gasteiger partial charge in [-0.1, -0.05) is 25.0 Å². The fourth-order valence-electron chi connectivity index (χ4n) is 5.51. The van der Waals surface area contributed by atoms with Crippen molar-refractivity contribution in [2.75, 3.05) is 7.11 Å². The number of aliphatic hydroxyl groups is 1. The van der Waals surface area contributed by atoms with Crippen LogP contribution in [0, 0.1) is 12.8 Å². The van der Waals surface area contributed by atoms with E-state index in [0.29, 0.717) is 23.5 Å². The normalized spacial score (nSPS) is 21.0. The van der Waals surface area contributed by atoms with Gasteiger partial charge < -0.3 is 14.6 Å². The zero-order chi connectivity index (χ0) is 24.6. The molecular formula is C27H30N2O5S. The van der Waals surface area contributed by atoms with Gasteiger partial charge in [-0.2, -0.15) is 0 Å². The van der Waals surface area contributed by atoms with Crippen molar-refractivity contribution in [3.8, 4) is 5.75 Å². The minimum absolute atomic E-state index is 0.0623. The van der Waals surface area contributed by atoms with E-state index in [-0.39, 0.29) is 29.2 Å². The van der Waals surface area contributed by atoms with Crippen LogP contribution in [-0.4, -0.2) is 33.2 Å². The third-order valence-corrected chi connectivity index (χ3v) is 8.38. The number of methoxy groups -OCH3 is 1. The summed E-state index contributed by atoms with van der Waals surface area (Å²) in [7, 11) is 1.64. The number of esters is 1. The largest absolute Gasteiger partial charge is 0.512 e. The number of hydrogen-bond donors (Lipinski definition) is 1. The number of ether oxygens (including phenoxy) is 2. The van der Waals surface area contributed by atoms with Crippen molar-refractivity contribution >= 4 is 22.3 Å². The summed E-state index contributed by atoms with van der Waals surface area (Å²) in [6, 6.07) is 9.35. The smallest absolute Gasteiger partial charge is 0.338 e. The maximum Gasteiger partial charge on any atom is 0.338 e. The lowest BCUT2D eigenvalue weighted by atomic mass is 9.76. The first-order valence-electron chi connectivity index (χ1n) is 12.1. The zero-order valence-electron chi connectivity index (χ0n) is 20.1. The second-order valence-electron chi connectivity index (χ2n) is 9.64. The van der Waals surface area contributed by atoms with E-state index in [0.717, 1.165) is 49.1 Å². The van der Waals surface area contributed by atoms with Crippen LogP contribution in [0.2, 0.25) is 0 Å². The Morgan fingerprint density at radius 3 is 2.66 bits per heavy atom. The number of carbonyl (C=O) groups is 1. The molecule has 1 aliphatic heterocycles. The average Bonchev–Trinajstić information content (AvgIpc) is 3.51. The maximum atomic E-state index is 13.3. The van der Waals surface area contributed by atoms with E-state index in [2.05, 4.69) is 4.98 Å². The standard InChI is InChI=1S/C27H30N2O5S/c1-17-16-35-26-28-20(14-24(31)29(17)26)13-22-23(30)15-27(34-25(22)32,19-5-3-4-6-19)12-11-18-7-9-21(33-2)10-8-18/h7-10,14,16,19,30H,3-6,11-13,15H2,1-2H3. The molecule has 1 N–H and O–H groups in total. The van der Waals surface area contributed by atoms with Gasteiger partial charge in [0.05, 0.1) is 18.4 Å². The molecule has 2 aliphatic rings. The van der Waals surface area contributed by atoms with Crippen molar-refractivity contribution in [3.05, 3.63) is 74.3 Å². The van der Waals surface area contributed by atoms with E-state index >= 15 is 0 Å². The van der Waals surface area contributed by atoms with Crippen LogP contribution in [-0.2, 0) is 22.4 Å². The van der Waals surface area contributed by atoms with Gasteiger partial charge in [-0.25, -0.2) is 9.78 Å². The van der Waals surface area contributed by atoms with E-state index < -0.39 is 11.6 Å². The Labute approximate surface area is 208 Å². The van der Waals surface area contributed by atoms with Crippen molar-refractivity contribution in [2.24, 2.45) is 5.92 Å². The molecule has 3 aromatic rings. The fourth-order valence-corrected chi connectivity index (χ4v) is 6.40. The number of aryl methyl sites for hydroxylation is 2. The molecule has 1 atom stereocenters. The van der Waals surface area contributed by atoms with Crippen molar-refractivity contribution in [3.63, 3.8) is 0 Å². The summed E-state index contributed by atoms with van der Waals surface area (Å²) >= 11 is 1.38. The molecule has 0 radical (unpaired) electrons. The lowest BCUT2D eigenvalue weighted by Crippen LogP contribution is -2.46. The Bertz CT molecular complexity index is 1330. The third kappa shape index (κ3) is 4.59. The van der Waals surface area contributed by atoms with Crippen LogP contribution in [0.5, 0.6) is 5.75 Å². The van der Waals surface area contributed by atoms with Gasteiger partial charge in [0.25, 0.3) is 5.56 Å². The number of fused-ring (bicyclic) bond motifs is 1. The van der Waals surface area contributed by atoms with Gasteiger partial charge in [0.2, 0.25) is 0 Å². The van der Waals surface area contributed by atoms with Gasteiger partial charge in [-0.3, -0.25) is 9.20 Å². The average molecular weight is 495 g/mol. The van der Waals surface area contributed by atoms with Crippen molar-refractivity contribution in [1.82, 2.24) is 9.38 Å². The predicted octanol–water partition coefficient (Wildman–Crippen LogP) is 4.94. The molecule has 1 aromatic carbocycles. The van der Waals surface area contributed by atoms with Gasteiger partial charge in [0.1, 0.15) is 17.1 Å². The quantitative estimate of drug-likeness (QED) is 0.468. The number of benzene rings is 1. The van der Waals surface area contributed by atoms with E-state index in [4.69, 9.17) is 9.47 Å². The number of nitrogens with zero attached hydrogens (tertiary/aromatic N) is 2. The molecule has 5 rings (SSSR count). The van der Waals surface area contributed by atoms with Crippen LogP contribution in [0.4, 0.5) is 0 Å². The highest BCUT2D eigenvalue weighted by molar-refractivity contribution is 7.15. The van der Waals surface area contributed by atoms with Gasteiger partial charge in [-0.15, -0.1) is 11.3 Å². The lowest BCUT2D eigenvalue weighted by molar-refractivity contribution is -0.167. The van der Waals surface area contributed by atoms with Gasteiger partial charge in [-0.05, 0) is 56.2 Å². The number of thiazole rings is 1. The summed E-state index contributed by atoms with van der Waals surface area (Å²) in [5.41, 5.74) is 1.72. The fraction of sp³-hybridized carbons (Fsp3) is 0.444. The Hall–Kier alpha value is -3.13. The van der Waals surface area contributed by atoms with Crippen molar-refractivity contribution in [2.45, 2.75) is 63.9 Å². The molecule has 7 nitrogen and oxygen atoms in total. The summed E-state index contributed by atoms with van der Waals surface area (Å²) in [6.07, 6.45) is 5.96. The van der Waals surface area contributed by atoms with Crippen LogP contribution in [0.3, 0.4) is 0 Å². The molecular weight excluding hydrogens is 464 g/mol. The minimum Gasteiger partial charge on any atom is -0.512 e. The van der Waals surface area contributed by atoms with Crippen LogP contribution >= 0.6 is 11.3 Å². The third-order valence-electron chi connectivity index (χ3n) is 7.44. The molecule has 0 amide bonds. The summed E-state index contributed by atoms with van der Waals surface area (Å²) in [6.45, 7) is 1.85. The molecule has 35 heavy (non-hydrogen) atoms. The lowest BCUT2D eigenvalue weighted by Gasteiger charge is -2.42. The van der Waals surface area contributed by atoms with Gasteiger partial charge in [0, 0.05) is 30.0 Å². The Balaban J connectivity index is 1.40. The summed E-state index contributed by atoms with van der Waals surface area (Å²) in [5, 5.41) is 13.0. The highest BCUT2D eigenvalue weighted by Crippen LogP contribution is 2.46. The predicted molar refractivity (Wildman–Crippen MR) is 134 cm³/mol. The molecule has 0 spiro atoms. The van der Waals surface area contributed by atoms with Crippen LogP contribution in [0.15, 0.2) is 51.8 Å². The first kappa shape index (κ1) is 23.6. The summed E-state index contributed by atoms with van der Waals surface area (Å²) < 4.78 is 13.0. The molecule has 3 heterocycles. The highest BCUT2D eigenvalue weighted by atomic mass is 32.1. The van der Waals surface area contributed by atoms with E-state index in [1.165, 1.54) is 17.4 Å². The molecule has 184 valence electrons. The molecule has 1 unspecified atom stereocenters. The van der Waals surface area contributed by atoms with E-state index in [1.54, 1.807) is 11.5 Å². The first-order chi connectivity index (χ1) is 16.9. The number of aromatic nitrogens is 2.